The predicted molar refractivity (Wildman–Crippen MR) is 81.6 cm³/mol. The summed E-state index contributed by atoms with van der Waals surface area (Å²) in [5, 5.41) is 17.1. The van der Waals surface area contributed by atoms with Gasteiger partial charge >= 0.3 is 5.97 Å². The lowest BCUT2D eigenvalue weighted by atomic mass is 10.1. The van der Waals surface area contributed by atoms with E-state index in [2.05, 4.69) is 10.2 Å². The number of nitrogens with zero attached hydrogens (tertiary/aromatic N) is 2. The number of rotatable bonds is 3. The highest BCUT2D eigenvalue weighted by molar-refractivity contribution is 5.89. The molecule has 1 heterocycles. The summed E-state index contributed by atoms with van der Waals surface area (Å²) < 4.78 is 5.71. The molecular weight excluding hydrogens is 280 g/mol. The first kappa shape index (κ1) is 14.0. The van der Waals surface area contributed by atoms with Crippen LogP contribution >= 0.6 is 0 Å². The standard InChI is InChI=1S/C17H14N2O3/c1-10-6-7-11(2)14(8-10)16-19-18-15(22-16)12-4-3-5-13(9-12)17(20)21/h3-9H,1-2H3,(H,20,21). The average Bonchev–Trinajstić information content (AvgIpc) is 2.99. The molecule has 0 amide bonds. The van der Waals surface area contributed by atoms with E-state index in [0.717, 1.165) is 16.7 Å². The first-order valence-corrected chi connectivity index (χ1v) is 6.79. The number of aromatic nitrogens is 2. The summed E-state index contributed by atoms with van der Waals surface area (Å²) in [6.07, 6.45) is 0. The monoisotopic (exact) mass is 294 g/mol. The molecule has 0 aliphatic carbocycles. The Balaban J connectivity index is 2.02. The van der Waals surface area contributed by atoms with Crippen molar-refractivity contribution >= 4 is 5.97 Å². The lowest BCUT2D eigenvalue weighted by Gasteiger charge is -2.02. The Kier molecular flexibility index (Phi) is 3.47. The molecule has 3 rings (SSSR count). The van der Waals surface area contributed by atoms with Gasteiger partial charge in [-0.2, -0.15) is 0 Å². The molecule has 0 fully saturated rings. The van der Waals surface area contributed by atoms with Crippen LogP contribution in [0.1, 0.15) is 21.5 Å². The maximum Gasteiger partial charge on any atom is 0.335 e. The fraction of sp³-hybridized carbons (Fsp3) is 0.118. The van der Waals surface area contributed by atoms with Gasteiger partial charge in [0, 0.05) is 11.1 Å². The number of carbonyl (C=O) groups is 1. The van der Waals surface area contributed by atoms with Crippen molar-refractivity contribution in [2.24, 2.45) is 0 Å². The third kappa shape index (κ3) is 2.61. The molecular formula is C17H14N2O3. The van der Waals surface area contributed by atoms with Gasteiger partial charge in [0.15, 0.2) is 0 Å². The Labute approximate surface area is 127 Å². The van der Waals surface area contributed by atoms with E-state index in [1.165, 1.54) is 12.1 Å². The molecule has 110 valence electrons. The Hall–Kier alpha value is -2.95. The van der Waals surface area contributed by atoms with E-state index < -0.39 is 5.97 Å². The molecule has 5 nitrogen and oxygen atoms in total. The SMILES string of the molecule is Cc1ccc(C)c(-c2nnc(-c3cccc(C(=O)O)c3)o2)c1. The molecule has 0 radical (unpaired) electrons. The van der Waals surface area contributed by atoms with Crippen LogP contribution in [0.3, 0.4) is 0 Å². The summed E-state index contributed by atoms with van der Waals surface area (Å²) >= 11 is 0. The Bertz CT molecular complexity index is 853. The van der Waals surface area contributed by atoms with Crippen molar-refractivity contribution in [3.05, 3.63) is 59.2 Å². The molecule has 0 bridgehead atoms. The number of aryl methyl sites for hydroxylation is 2. The van der Waals surface area contributed by atoms with Gasteiger partial charge in [-0.25, -0.2) is 4.79 Å². The highest BCUT2D eigenvalue weighted by Crippen LogP contribution is 2.27. The molecule has 0 saturated carbocycles. The van der Waals surface area contributed by atoms with Gasteiger partial charge in [0.05, 0.1) is 5.56 Å². The highest BCUT2D eigenvalue weighted by Gasteiger charge is 2.14. The number of benzene rings is 2. The molecule has 3 aromatic rings. The number of hydrogen-bond donors (Lipinski definition) is 1. The van der Waals surface area contributed by atoms with Crippen LogP contribution in [-0.4, -0.2) is 21.3 Å². The second kappa shape index (κ2) is 5.44. The second-order valence-electron chi connectivity index (χ2n) is 5.12. The van der Waals surface area contributed by atoms with Crippen molar-refractivity contribution in [3.63, 3.8) is 0 Å². The molecule has 0 aliphatic heterocycles. The second-order valence-corrected chi connectivity index (χ2v) is 5.12. The molecule has 1 aromatic heterocycles. The molecule has 0 spiro atoms. The van der Waals surface area contributed by atoms with Gasteiger partial charge in [0.1, 0.15) is 0 Å². The zero-order valence-corrected chi connectivity index (χ0v) is 12.2. The minimum atomic E-state index is -0.990. The van der Waals surface area contributed by atoms with E-state index in [9.17, 15) is 4.79 Å². The van der Waals surface area contributed by atoms with Crippen molar-refractivity contribution in [3.8, 4) is 22.9 Å². The van der Waals surface area contributed by atoms with E-state index in [1.807, 2.05) is 32.0 Å². The molecule has 5 heteroatoms. The van der Waals surface area contributed by atoms with Gasteiger partial charge in [0.25, 0.3) is 0 Å². The summed E-state index contributed by atoms with van der Waals surface area (Å²) in [6, 6.07) is 12.4. The summed E-state index contributed by atoms with van der Waals surface area (Å²) in [6.45, 7) is 3.97. The van der Waals surface area contributed by atoms with Crippen LogP contribution in [-0.2, 0) is 0 Å². The highest BCUT2D eigenvalue weighted by atomic mass is 16.4. The molecule has 22 heavy (non-hydrogen) atoms. The lowest BCUT2D eigenvalue weighted by Crippen LogP contribution is -1.95. The van der Waals surface area contributed by atoms with Crippen LogP contribution in [0.25, 0.3) is 22.9 Å². The van der Waals surface area contributed by atoms with Gasteiger partial charge in [-0.3, -0.25) is 0 Å². The van der Waals surface area contributed by atoms with Crippen molar-refractivity contribution in [1.82, 2.24) is 10.2 Å². The third-order valence-electron chi connectivity index (χ3n) is 3.40. The van der Waals surface area contributed by atoms with Gasteiger partial charge < -0.3 is 9.52 Å². The van der Waals surface area contributed by atoms with E-state index in [1.54, 1.807) is 12.1 Å². The zero-order valence-electron chi connectivity index (χ0n) is 12.2. The van der Waals surface area contributed by atoms with E-state index in [-0.39, 0.29) is 5.56 Å². The number of aromatic carboxylic acids is 1. The summed E-state index contributed by atoms with van der Waals surface area (Å²) in [5.74, 6) is -0.257. The normalized spacial score (nSPS) is 10.6. The third-order valence-corrected chi connectivity index (χ3v) is 3.40. The van der Waals surface area contributed by atoms with Gasteiger partial charge in [-0.1, -0.05) is 23.8 Å². The first-order chi connectivity index (χ1) is 10.5. The zero-order chi connectivity index (χ0) is 15.7. The molecule has 0 unspecified atom stereocenters. The Morgan fingerprint density at radius 3 is 2.59 bits per heavy atom. The van der Waals surface area contributed by atoms with E-state index in [0.29, 0.717) is 17.3 Å². The van der Waals surface area contributed by atoms with Crippen LogP contribution in [0.15, 0.2) is 46.9 Å². The average molecular weight is 294 g/mol. The largest absolute Gasteiger partial charge is 0.478 e. The first-order valence-electron chi connectivity index (χ1n) is 6.79. The van der Waals surface area contributed by atoms with Gasteiger partial charge in [-0.05, 0) is 43.7 Å². The van der Waals surface area contributed by atoms with Gasteiger partial charge in [-0.15, -0.1) is 10.2 Å². The van der Waals surface area contributed by atoms with Crippen molar-refractivity contribution < 1.29 is 14.3 Å². The van der Waals surface area contributed by atoms with E-state index >= 15 is 0 Å². The fourth-order valence-corrected chi connectivity index (χ4v) is 2.20. The minimum absolute atomic E-state index is 0.184. The van der Waals surface area contributed by atoms with Crippen LogP contribution in [0.2, 0.25) is 0 Å². The van der Waals surface area contributed by atoms with E-state index in [4.69, 9.17) is 9.52 Å². The lowest BCUT2D eigenvalue weighted by molar-refractivity contribution is 0.0697. The molecule has 2 aromatic carbocycles. The molecule has 0 saturated heterocycles. The minimum Gasteiger partial charge on any atom is -0.478 e. The van der Waals surface area contributed by atoms with Crippen molar-refractivity contribution in [2.45, 2.75) is 13.8 Å². The van der Waals surface area contributed by atoms with Crippen molar-refractivity contribution in [1.29, 1.82) is 0 Å². The smallest absolute Gasteiger partial charge is 0.335 e. The quantitative estimate of drug-likeness (QED) is 0.796. The van der Waals surface area contributed by atoms with Crippen LogP contribution in [0, 0.1) is 13.8 Å². The number of hydrogen-bond acceptors (Lipinski definition) is 4. The van der Waals surface area contributed by atoms with Crippen LogP contribution in [0.4, 0.5) is 0 Å². The van der Waals surface area contributed by atoms with Gasteiger partial charge in [0.2, 0.25) is 11.8 Å². The van der Waals surface area contributed by atoms with Crippen molar-refractivity contribution in [2.75, 3.05) is 0 Å². The summed E-state index contributed by atoms with van der Waals surface area (Å²) in [4.78, 5) is 11.0. The fourth-order valence-electron chi connectivity index (χ4n) is 2.20. The Morgan fingerprint density at radius 2 is 1.82 bits per heavy atom. The summed E-state index contributed by atoms with van der Waals surface area (Å²) in [5.41, 5.74) is 3.80. The van der Waals surface area contributed by atoms with Crippen LogP contribution in [0.5, 0.6) is 0 Å². The Morgan fingerprint density at radius 1 is 1.05 bits per heavy atom. The molecule has 1 N–H and O–H groups in total. The summed E-state index contributed by atoms with van der Waals surface area (Å²) in [7, 11) is 0. The number of carboxylic acid groups (broad SMARTS) is 1. The number of carboxylic acids is 1. The topological polar surface area (TPSA) is 76.2 Å². The maximum atomic E-state index is 11.0. The molecule has 0 aliphatic rings. The maximum absolute atomic E-state index is 11.0. The van der Waals surface area contributed by atoms with Crippen LogP contribution < -0.4 is 0 Å². The molecule has 0 atom stereocenters. The predicted octanol–water partition coefficient (Wildman–Crippen LogP) is 3.72.